The molecule has 0 amide bonds. The molecule has 1 aromatic heterocycles. The number of carbonyl (C=O) groups excluding carboxylic acids is 1. The molecule has 0 spiro atoms. The minimum atomic E-state index is -0.761. The molecular weight excluding hydrogens is 262 g/mol. The molecule has 2 unspecified atom stereocenters. The van der Waals surface area contributed by atoms with Gasteiger partial charge in [0, 0.05) is 17.8 Å². The number of nitrogens with one attached hydrogen (secondary N) is 1. The molecular formula is C13H17N3O4. The van der Waals surface area contributed by atoms with Gasteiger partial charge in [-0.15, -0.1) is 0 Å². The number of rotatable bonds is 4. The minimum Gasteiger partial charge on any atom is -0.481 e. The van der Waals surface area contributed by atoms with Gasteiger partial charge in [0.1, 0.15) is 5.82 Å². The molecule has 1 fully saturated rings. The van der Waals surface area contributed by atoms with Gasteiger partial charge in [-0.25, -0.2) is 14.8 Å². The van der Waals surface area contributed by atoms with E-state index in [-0.39, 0.29) is 17.8 Å². The number of hydrogen-bond donors (Lipinski definition) is 2. The fourth-order valence-electron chi connectivity index (χ4n) is 2.37. The van der Waals surface area contributed by atoms with Gasteiger partial charge in [-0.3, -0.25) is 4.79 Å². The highest BCUT2D eigenvalue weighted by Crippen LogP contribution is 2.28. The summed E-state index contributed by atoms with van der Waals surface area (Å²) in [5, 5.41) is 12.1. The zero-order chi connectivity index (χ0) is 14.7. The maximum absolute atomic E-state index is 11.4. The van der Waals surface area contributed by atoms with Gasteiger partial charge < -0.3 is 15.2 Å². The van der Waals surface area contributed by atoms with E-state index in [0.717, 1.165) is 6.42 Å². The predicted molar refractivity (Wildman–Crippen MR) is 70.5 cm³/mol. The van der Waals surface area contributed by atoms with Crippen LogP contribution in [0, 0.1) is 12.8 Å². The number of hydrogen-bond acceptors (Lipinski definition) is 6. The average molecular weight is 279 g/mol. The van der Waals surface area contributed by atoms with Gasteiger partial charge in [-0.05, 0) is 26.2 Å². The third-order valence-corrected chi connectivity index (χ3v) is 3.36. The van der Waals surface area contributed by atoms with Crippen molar-refractivity contribution >= 4 is 17.8 Å². The standard InChI is InChI=1S/C13H17N3O4/c1-7-5-10(16-11(14-7)13(19)20-2)15-9-4-3-8(6-9)12(17)18/h5,8-9H,3-4,6H2,1-2H3,(H,17,18)(H,14,15,16). The zero-order valence-electron chi connectivity index (χ0n) is 11.4. The Balaban J connectivity index is 2.08. The Morgan fingerprint density at radius 3 is 2.75 bits per heavy atom. The van der Waals surface area contributed by atoms with Crippen LogP contribution in [-0.2, 0) is 9.53 Å². The topological polar surface area (TPSA) is 101 Å². The summed E-state index contributed by atoms with van der Waals surface area (Å²) in [5.41, 5.74) is 0.649. The number of anilines is 1. The Labute approximate surface area is 116 Å². The Morgan fingerprint density at radius 2 is 2.15 bits per heavy atom. The summed E-state index contributed by atoms with van der Waals surface area (Å²) in [6.45, 7) is 1.76. The summed E-state index contributed by atoms with van der Waals surface area (Å²) < 4.78 is 4.60. The number of aryl methyl sites for hydroxylation is 1. The van der Waals surface area contributed by atoms with Crippen molar-refractivity contribution in [3.63, 3.8) is 0 Å². The number of esters is 1. The smallest absolute Gasteiger partial charge is 0.376 e. The molecule has 0 aromatic carbocycles. The highest BCUT2D eigenvalue weighted by molar-refractivity contribution is 5.85. The second-order valence-electron chi connectivity index (χ2n) is 4.90. The maximum Gasteiger partial charge on any atom is 0.376 e. The van der Waals surface area contributed by atoms with Gasteiger partial charge in [0.25, 0.3) is 0 Å². The Bertz CT molecular complexity index is 532. The molecule has 1 aliphatic rings. The van der Waals surface area contributed by atoms with E-state index in [9.17, 15) is 9.59 Å². The van der Waals surface area contributed by atoms with Crippen LogP contribution in [0.15, 0.2) is 6.07 Å². The molecule has 2 rings (SSSR count). The molecule has 0 aliphatic heterocycles. The molecule has 1 saturated carbocycles. The van der Waals surface area contributed by atoms with Crippen LogP contribution in [0.5, 0.6) is 0 Å². The predicted octanol–water partition coefficient (Wildman–Crippen LogP) is 1.24. The van der Waals surface area contributed by atoms with E-state index in [4.69, 9.17) is 5.11 Å². The first-order valence-electron chi connectivity index (χ1n) is 6.43. The quantitative estimate of drug-likeness (QED) is 0.799. The largest absolute Gasteiger partial charge is 0.481 e. The van der Waals surface area contributed by atoms with Crippen molar-refractivity contribution in [2.75, 3.05) is 12.4 Å². The van der Waals surface area contributed by atoms with Crippen molar-refractivity contribution in [2.24, 2.45) is 5.92 Å². The second-order valence-corrected chi connectivity index (χ2v) is 4.90. The summed E-state index contributed by atoms with van der Waals surface area (Å²) in [5.74, 6) is -1.14. The molecule has 1 aliphatic carbocycles. The summed E-state index contributed by atoms with van der Waals surface area (Å²) in [6, 6.07) is 1.77. The van der Waals surface area contributed by atoms with E-state index in [0.29, 0.717) is 24.4 Å². The van der Waals surface area contributed by atoms with Gasteiger partial charge in [-0.1, -0.05) is 0 Å². The first-order valence-corrected chi connectivity index (χ1v) is 6.43. The SMILES string of the molecule is COC(=O)c1nc(C)cc(NC2CCC(C(=O)O)C2)n1. The Morgan fingerprint density at radius 1 is 1.40 bits per heavy atom. The lowest BCUT2D eigenvalue weighted by atomic mass is 10.1. The second kappa shape index (κ2) is 5.85. The van der Waals surface area contributed by atoms with Gasteiger partial charge in [0.05, 0.1) is 13.0 Å². The van der Waals surface area contributed by atoms with Crippen LogP contribution < -0.4 is 5.32 Å². The molecule has 20 heavy (non-hydrogen) atoms. The maximum atomic E-state index is 11.4. The van der Waals surface area contributed by atoms with E-state index >= 15 is 0 Å². The lowest BCUT2D eigenvalue weighted by Crippen LogP contribution is -2.20. The number of carboxylic acid groups (broad SMARTS) is 1. The van der Waals surface area contributed by atoms with Crippen LogP contribution in [0.3, 0.4) is 0 Å². The summed E-state index contributed by atoms with van der Waals surface area (Å²) in [4.78, 5) is 30.5. The monoisotopic (exact) mass is 279 g/mol. The summed E-state index contributed by atoms with van der Waals surface area (Å²) in [7, 11) is 1.27. The van der Waals surface area contributed by atoms with Crippen molar-refractivity contribution in [1.29, 1.82) is 0 Å². The summed E-state index contributed by atoms with van der Waals surface area (Å²) >= 11 is 0. The lowest BCUT2D eigenvalue weighted by Gasteiger charge is -2.14. The van der Waals surface area contributed by atoms with Gasteiger partial charge >= 0.3 is 11.9 Å². The fraction of sp³-hybridized carbons (Fsp3) is 0.538. The van der Waals surface area contributed by atoms with Gasteiger partial charge in [0.15, 0.2) is 0 Å². The Kier molecular flexibility index (Phi) is 4.16. The third kappa shape index (κ3) is 3.23. The van der Waals surface area contributed by atoms with Gasteiger partial charge in [0.2, 0.25) is 5.82 Å². The molecule has 1 aromatic rings. The molecule has 0 radical (unpaired) electrons. The van der Waals surface area contributed by atoms with Crippen molar-refractivity contribution < 1.29 is 19.4 Å². The van der Waals surface area contributed by atoms with E-state index in [1.54, 1.807) is 13.0 Å². The molecule has 0 bridgehead atoms. The Hall–Kier alpha value is -2.18. The molecule has 7 heteroatoms. The molecule has 0 saturated heterocycles. The van der Waals surface area contributed by atoms with Crippen LogP contribution in [-0.4, -0.2) is 40.2 Å². The normalized spacial score (nSPS) is 21.5. The van der Waals surface area contributed by atoms with Crippen molar-refractivity contribution in [1.82, 2.24) is 9.97 Å². The van der Waals surface area contributed by atoms with Crippen molar-refractivity contribution in [2.45, 2.75) is 32.2 Å². The van der Waals surface area contributed by atoms with Crippen LogP contribution in [0.25, 0.3) is 0 Å². The highest BCUT2D eigenvalue weighted by Gasteiger charge is 2.29. The van der Waals surface area contributed by atoms with Crippen molar-refractivity contribution in [3.05, 3.63) is 17.6 Å². The molecule has 2 atom stereocenters. The molecule has 108 valence electrons. The summed E-state index contributed by atoms with van der Waals surface area (Å²) in [6.07, 6.45) is 1.99. The number of carbonyl (C=O) groups is 2. The average Bonchev–Trinajstić information content (AvgIpc) is 2.85. The first-order chi connectivity index (χ1) is 9.49. The number of nitrogens with zero attached hydrogens (tertiary/aromatic N) is 2. The van der Waals surface area contributed by atoms with E-state index in [2.05, 4.69) is 20.0 Å². The molecule has 7 nitrogen and oxygen atoms in total. The van der Waals surface area contributed by atoms with Crippen LogP contribution in [0.2, 0.25) is 0 Å². The van der Waals surface area contributed by atoms with E-state index < -0.39 is 11.9 Å². The fourth-order valence-corrected chi connectivity index (χ4v) is 2.37. The number of methoxy groups -OCH3 is 1. The lowest BCUT2D eigenvalue weighted by molar-refractivity contribution is -0.141. The van der Waals surface area contributed by atoms with Crippen LogP contribution >= 0.6 is 0 Å². The van der Waals surface area contributed by atoms with Gasteiger partial charge in [-0.2, -0.15) is 0 Å². The minimum absolute atomic E-state index is 0.00258. The molecule has 2 N–H and O–H groups in total. The van der Waals surface area contributed by atoms with Crippen LogP contribution in [0.1, 0.15) is 35.6 Å². The number of carboxylic acids is 1. The zero-order valence-corrected chi connectivity index (χ0v) is 11.4. The first kappa shape index (κ1) is 14.2. The number of ether oxygens (including phenoxy) is 1. The van der Waals surface area contributed by atoms with E-state index in [1.165, 1.54) is 7.11 Å². The van der Waals surface area contributed by atoms with Crippen LogP contribution in [0.4, 0.5) is 5.82 Å². The number of aromatic nitrogens is 2. The highest BCUT2D eigenvalue weighted by atomic mass is 16.5. The molecule has 1 heterocycles. The van der Waals surface area contributed by atoms with Crippen molar-refractivity contribution in [3.8, 4) is 0 Å². The third-order valence-electron chi connectivity index (χ3n) is 3.36. The van der Waals surface area contributed by atoms with E-state index in [1.807, 2.05) is 0 Å². The number of aliphatic carboxylic acids is 1.